The molecule has 0 aliphatic carbocycles. The lowest BCUT2D eigenvalue weighted by molar-refractivity contribution is -0.130. The minimum absolute atomic E-state index is 0.0169. The smallest absolute Gasteiger partial charge is 0.338 e. The topological polar surface area (TPSA) is 105 Å². The van der Waals surface area contributed by atoms with Gasteiger partial charge in [-0.25, -0.2) is 18.0 Å². The fourth-order valence-electron chi connectivity index (χ4n) is 3.27. The molecule has 1 atom stereocenters. The molecule has 3 rings (SSSR count). The summed E-state index contributed by atoms with van der Waals surface area (Å²) in [5.74, 6) is -7.19. The van der Waals surface area contributed by atoms with Crippen molar-refractivity contribution in [2.75, 3.05) is 23.3 Å². The summed E-state index contributed by atoms with van der Waals surface area (Å²) in [6, 6.07) is 7.68. The molecule has 1 unspecified atom stereocenters. The number of carbonyl (C=O) groups excluding carboxylic acids is 4. The Morgan fingerprint density at radius 3 is 2.41 bits per heavy atom. The van der Waals surface area contributed by atoms with Crippen LogP contribution in [0.1, 0.15) is 36.5 Å². The van der Waals surface area contributed by atoms with Gasteiger partial charge in [-0.05, 0) is 56.2 Å². The van der Waals surface area contributed by atoms with E-state index in [1.54, 1.807) is 17.0 Å². The number of piperidine rings is 1. The van der Waals surface area contributed by atoms with Gasteiger partial charge < -0.3 is 20.3 Å². The highest BCUT2D eigenvalue weighted by molar-refractivity contribution is 5.97. The number of nitrogens with one attached hydrogen (secondary N) is 2. The maximum Gasteiger partial charge on any atom is 0.338 e. The van der Waals surface area contributed by atoms with Crippen LogP contribution in [0.25, 0.3) is 0 Å². The first-order valence-corrected chi connectivity index (χ1v) is 10.5. The zero-order valence-electron chi connectivity index (χ0n) is 18.2. The van der Waals surface area contributed by atoms with E-state index in [-0.39, 0.29) is 11.5 Å². The standard InChI is InChI=1S/C23H22F3N3O5/c1-13(22(32)27-12-18(30)28-17-10-9-16(24)20(25)21(17)26)34-23(33)14-5-7-15(8-6-14)29-11-3-2-4-19(29)31/h5-10,13H,2-4,11-12H2,1H3,(H,27,32)(H,28,30). The van der Waals surface area contributed by atoms with Crippen LogP contribution in [0, 0.1) is 17.5 Å². The Bertz CT molecular complexity index is 1110. The molecule has 34 heavy (non-hydrogen) atoms. The van der Waals surface area contributed by atoms with E-state index >= 15 is 0 Å². The first-order chi connectivity index (χ1) is 16.2. The molecular weight excluding hydrogens is 455 g/mol. The molecule has 2 N–H and O–H groups in total. The SMILES string of the molecule is CC(OC(=O)c1ccc(N2CCCCC2=O)cc1)C(=O)NCC(=O)Nc1ccc(F)c(F)c1F. The number of anilines is 2. The minimum Gasteiger partial charge on any atom is -0.449 e. The Labute approximate surface area is 193 Å². The van der Waals surface area contributed by atoms with E-state index in [0.29, 0.717) is 24.7 Å². The van der Waals surface area contributed by atoms with Gasteiger partial charge in [0.1, 0.15) is 0 Å². The Hall–Kier alpha value is -3.89. The molecule has 0 radical (unpaired) electrons. The zero-order valence-corrected chi connectivity index (χ0v) is 18.2. The Kier molecular flexibility index (Phi) is 7.87. The summed E-state index contributed by atoms with van der Waals surface area (Å²) in [5.41, 5.74) is 0.238. The average Bonchev–Trinajstić information content (AvgIpc) is 2.83. The van der Waals surface area contributed by atoms with E-state index in [9.17, 15) is 32.3 Å². The van der Waals surface area contributed by atoms with Crippen molar-refractivity contribution in [1.29, 1.82) is 0 Å². The zero-order chi connectivity index (χ0) is 24.8. The molecule has 1 aliphatic rings. The molecule has 1 aliphatic heterocycles. The van der Waals surface area contributed by atoms with E-state index in [4.69, 9.17) is 4.74 Å². The molecule has 8 nitrogen and oxygen atoms in total. The molecular formula is C23H22F3N3O5. The third kappa shape index (κ3) is 5.91. The van der Waals surface area contributed by atoms with E-state index in [2.05, 4.69) is 5.32 Å². The first kappa shape index (κ1) is 24.7. The average molecular weight is 477 g/mol. The minimum atomic E-state index is -1.74. The highest BCUT2D eigenvalue weighted by atomic mass is 19.2. The molecule has 1 fully saturated rings. The molecule has 11 heteroatoms. The van der Waals surface area contributed by atoms with E-state index in [0.717, 1.165) is 18.9 Å². The van der Waals surface area contributed by atoms with Gasteiger partial charge in [-0.1, -0.05) is 0 Å². The van der Waals surface area contributed by atoms with Crippen molar-refractivity contribution in [3.05, 3.63) is 59.4 Å². The predicted molar refractivity (Wildman–Crippen MR) is 115 cm³/mol. The van der Waals surface area contributed by atoms with Gasteiger partial charge in [-0.3, -0.25) is 14.4 Å². The number of esters is 1. The number of hydrogen-bond acceptors (Lipinski definition) is 5. The van der Waals surface area contributed by atoms with Gasteiger partial charge in [0.25, 0.3) is 5.91 Å². The summed E-state index contributed by atoms with van der Waals surface area (Å²) in [5, 5.41) is 4.20. The number of carbonyl (C=O) groups is 4. The highest BCUT2D eigenvalue weighted by Crippen LogP contribution is 2.22. The summed E-state index contributed by atoms with van der Waals surface area (Å²) in [6.07, 6.45) is 0.965. The molecule has 3 amide bonds. The molecule has 0 spiro atoms. The van der Waals surface area contributed by atoms with Gasteiger partial charge >= 0.3 is 5.97 Å². The van der Waals surface area contributed by atoms with Gasteiger partial charge in [0.2, 0.25) is 11.8 Å². The number of rotatable bonds is 7. The Morgan fingerprint density at radius 2 is 1.74 bits per heavy atom. The summed E-state index contributed by atoms with van der Waals surface area (Å²) >= 11 is 0. The van der Waals surface area contributed by atoms with Crippen LogP contribution in [-0.2, 0) is 19.1 Å². The van der Waals surface area contributed by atoms with Crippen molar-refractivity contribution < 1.29 is 37.1 Å². The number of amides is 3. The third-order valence-electron chi connectivity index (χ3n) is 5.12. The molecule has 1 heterocycles. The Balaban J connectivity index is 1.49. The second-order valence-corrected chi connectivity index (χ2v) is 7.59. The molecule has 2 aromatic rings. The van der Waals surface area contributed by atoms with Crippen LogP contribution in [0.5, 0.6) is 0 Å². The molecule has 180 valence electrons. The van der Waals surface area contributed by atoms with Crippen molar-refractivity contribution in [2.24, 2.45) is 0 Å². The highest BCUT2D eigenvalue weighted by Gasteiger charge is 2.22. The quantitative estimate of drug-likeness (QED) is 0.471. The van der Waals surface area contributed by atoms with Crippen LogP contribution < -0.4 is 15.5 Å². The van der Waals surface area contributed by atoms with Gasteiger partial charge in [0.15, 0.2) is 23.6 Å². The monoisotopic (exact) mass is 477 g/mol. The van der Waals surface area contributed by atoms with Crippen LogP contribution in [0.3, 0.4) is 0 Å². The maximum absolute atomic E-state index is 13.6. The summed E-state index contributed by atoms with van der Waals surface area (Å²) in [7, 11) is 0. The van der Waals surface area contributed by atoms with Crippen LogP contribution in [0.15, 0.2) is 36.4 Å². The van der Waals surface area contributed by atoms with Crippen molar-refractivity contribution in [1.82, 2.24) is 5.32 Å². The number of nitrogens with zero attached hydrogens (tertiary/aromatic N) is 1. The number of hydrogen-bond donors (Lipinski definition) is 2. The van der Waals surface area contributed by atoms with Crippen LogP contribution >= 0.6 is 0 Å². The van der Waals surface area contributed by atoms with Crippen molar-refractivity contribution in [3.63, 3.8) is 0 Å². The fraction of sp³-hybridized carbons (Fsp3) is 0.304. The van der Waals surface area contributed by atoms with Crippen LogP contribution in [-0.4, -0.2) is 42.9 Å². The second kappa shape index (κ2) is 10.8. The van der Waals surface area contributed by atoms with Crippen molar-refractivity contribution in [3.8, 4) is 0 Å². The number of halogens is 3. The molecule has 0 aromatic heterocycles. The summed E-state index contributed by atoms with van der Waals surface area (Å²) < 4.78 is 44.9. The molecule has 1 saturated heterocycles. The van der Waals surface area contributed by atoms with Gasteiger partial charge in [0.05, 0.1) is 17.8 Å². The largest absolute Gasteiger partial charge is 0.449 e. The Morgan fingerprint density at radius 1 is 1.03 bits per heavy atom. The van der Waals surface area contributed by atoms with E-state index < -0.39 is 53.6 Å². The van der Waals surface area contributed by atoms with Crippen LogP contribution in [0.4, 0.5) is 24.5 Å². The normalized spacial score (nSPS) is 14.4. The number of benzene rings is 2. The predicted octanol–water partition coefficient (Wildman–Crippen LogP) is 2.92. The maximum atomic E-state index is 13.6. The van der Waals surface area contributed by atoms with E-state index in [1.807, 2.05) is 5.32 Å². The van der Waals surface area contributed by atoms with Gasteiger partial charge in [-0.15, -0.1) is 0 Å². The molecule has 0 bridgehead atoms. The van der Waals surface area contributed by atoms with E-state index in [1.165, 1.54) is 19.1 Å². The van der Waals surface area contributed by atoms with Crippen molar-refractivity contribution >= 4 is 35.1 Å². The van der Waals surface area contributed by atoms with Gasteiger partial charge in [0, 0.05) is 18.7 Å². The van der Waals surface area contributed by atoms with Crippen LogP contribution in [0.2, 0.25) is 0 Å². The third-order valence-corrected chi connectivity index (χ3v) is 5.12. The second-order valence-electron chi connectivity index (χ2n) is 7.59. The summed E-state index contributed by atoms with van der Waals surface area (Å²) in [4.78, 5) is 50.0. The molecule has 2 aromatic carbocycles. The van der Waals surface area contributed by atoms with Gasteiger partial charge in [-0.2, -0.15) is 0 Å². The fourth-order valence-corrected chi connectivity index (χ4v) is 3.27. The lowest BCUT2D eigenvalue weighted by Crippen LogP contribution is -2.40. The lowest BCUT2D eigenvalue weighted by Gasteiger charge is -2.26. The lowest BCUT2D eigenvalue weighted by atomic mass is 10.1. The molecule has 0 saturated carbocycles. The summed E-state index contributed by atoms with van der Waals surface area (Å²) in [6.45, 7) is 1.27. The van der Waals surface area contributed by atoms with Crippen molar-refractivity contribution in [2.45, 2.75) is 32.3 Å². The number of ether oxygens (including phenoxy) is 1. The first-order valence-electron chi connectivity index (χ1n) is 10.5.